The van der Waals surface area contributed by atoms with Gasteiger partial charge in [0.2, 0.25) is 0 Å². The highest BCUT2D eigenvalue weighted by atomic mass is 16.5. The third kappa shape index (κ3) is 3.44. The molecule has 0 aromatic carbocycles. The van der Waals surface area contributed by atoms with Gasteiger partial charge in [-0.1, -0.05) is 0 Å². The third-order valence-corrected chi connectivity index (χ3v) is 4.02. The Balaban J connectivity index is 1.75. The number of piperidine rings is 1. The van der Waals surface area contributed by atoms with Gasteiger partial charge in [-0.3, -0.25) is 0 Å². The Kier molecular flexibility index (Phi) is 4.62. The second kappa shape index (κ2) is 5.99. The number of ether oxygens (including phenoxy) is 1. The van der Waals surface area contributed by atoms with E-state index in [1.807, 2.05) is 0 Å². The molecule has 2 aliphatic rings. The highest BCUT2D eigenvalue weighted by Crippen LogP contribution is 2.21. The molecule has 0 saturated carbocycles. The monoisotopic (exact) mass is 226 g/mol. The second-order valence-corrected chi connectivity index (χ2v) is 5.51. The van der Waals surface area contributed by atoms with Gasteiger partial charge in [-0.05, 0) is 51.5 Å². The summed E-state index contributed by atoms with van der Waals surface area (Å²) in [5.74, 6) is 0.692. The Morgan fingerprint density at radius 3 is 2.88 bits per heavy atom. The van der Waals surface area contributed by atoms with Gasteiger partial charge in [0.15, 0.2) is 0 Å². The lowest BCUT2D eigenvalue weighted by molar-refractivity contribution is -0.0135. The van der Waals surface area contributed by atoms with E-state index >= 15 is 0 Å². The summed E-state index contributed by atoms with van der Waals surface area (Å²) in [6.45, 7) is 6.66. The standard InChI is InChI=1S/C13H26N2O/c1-11(14)12-5-4-7-15(9-12)10-13-6-2-3-8-16-13/h11-13H,2-10,14H2,1H3. The molecular weight excluding hydrogens is 200 g/mol. The SMILES string of the molecule is CC(N)C1CCCN(CC2CCCCO2)C1. The molecule has 0 aromatic heterocycles. The summed E-state index contributed by atoms with van der Waals surface area (Å²) in [5, 5.41) is 0. The second-order valence-electron chi connectivity index (χ2n) is 5.51. The molecule has 2 N–H and O–H groups in total. The largest absolute Gasteiger partial charge is 0.377 e. The summed E-state index contributed by atoms with van der Waals surface area (Å²) in [6, 6.07) is 0.343. The van der Waals surface area contributed by atoms with Crippen molar-refractivity contribution in [2.75, 3.05) is 26.2 Å². The minimum atomic E-state index is 0.343. The van der Waals surface area contributed by atoms with Crippen LogP contribution in [0.15, 0.2) is 0 Å². The van der Waals surface area contributed by atoms with Crippen LogP contribution in [0.3, 0.4) is 0 Å². The molecule has 0 radical (unpaired) electrons. The first-order valence-electron chi connectivity index (χ1n) is 6.85. The van der Waals surface area contributed by atoms with Gasteiger partial charge >= 0.3 is 0 Å². The predicted molar refractivity (Wildman–Crippen MR) is 66.4 cm³/mol. The molecule has 0 aliphatic carbocycles. The Hall–Kier alpha value is -0.120. The zero-order chi connectivity index (χ0) is 11.4. The van der Waals surface area contributed by atoms with E-state index in [0.717, 1.165) is 13.2 Å². The maximum absolute atomic E-state index is 6.00. The highest BCUT2D eigenvalue weighted by molar-refractivity contribution is 4.80. The van der Waals surface area contributed by atoms with Crippen LogP contribution in [0.2, 0.25) is 0 Å². The Labute approximate surface area is 99.3 Å². The molecule has 0 amide bonds. The highest BCUT2D eigenvalue weighted by Gasteiger charge is 2.25. The van der Waals surface area contributed by atoms with E-state index in [1.54, 1.807) is 0 Å². The zero-order valence-corrected chi connectivity index (χ0v) is 10.5. The number of rotatable bonds is 3. The number of hydrogen-bond donors (Lipinski definition) is 1. The maximum atomic E-state index is 6.00. The van der Waals surface area contributed by atoms with Crippen molar-refractivity contribution in [3.8, 4) is 0 Å². The minimum absolute atomic E-state index is 0.343. The van der Waals surface area contributed by atoms with Crippen molar-refractivity contribution in [2.24, 2.45) is 11.7 Å². The number of nitrogens with zero attached hydrogens (tertiary/aromatic N) is 1. The fraction of sp³-hybridized carbons (Fsp3) is 1.00. The van der Waals surface area contributed by atoms with Crippen LogP contribution in [0.25, 0.3) is 0 Å². The zero-order valence-electron chi connectivity index (χ0n) is 10.5. The fourth-order valence-electron chi connectivity index (χ4n) is 2.93. The van der Waals surface area contributed by atoms with Gasteiger partial charge in [-0.25, -0.2) is 0 Å². The van der Waals surface area contributed by atoms with Gasteiger partial charge < -0.3 is 15.4 Å². The molecule has 2 heterocycles. The lowest BCUT2D eigenvalue weighted by atomic mass is 9.92. The van der Waals surface area contributed by atoms with Crippen molar-refractivity contribution in [1.29, 1.82) is 0 Å². The van der Waals surface area contributed by atoms with Gasteiger partial charge in [0.1, 0.15) is 0 Å². The van der Waals surface area contributed by atoms with E-state index in [2.05, 4.69) is 11.8 Å². The molecule has 0 bridgehead atoms. The first-order chi connectivity index (χ1) is 7.75. The summed E-state index contributed by atoms with van der Waals surface area (Å²) in [6.07, 6.45) is 6.94. The molecule has 3 unspecified atom stereocenters. The Bertz CT molecular complexity index is 202. The Morgan fingerprint density at radius 2 is 2.19 bits per heavy atom. The molecule has 2 fully saturated rings. The number of nitrogens with two attached hydrogens (primary N) is 1. The maximum Gasteiger partial charge on any atom is 0.0702 e. The summed E-state index contributed by atoms with van der Waals surface area (Å²) in [5.41, 5.74) is 6.00. The molecule has 3 nitrogen and oxygen atoms in total. The lowest BCUT2D eigenvalue weighted by Gasteiger charge is -2.37. The molecule has 0 spiro atoms. The van der Waals surface area contributed by atoms with Crippen LogP contribution in [0.4, 0.5) is 0 Å². The fourth-order valence-corrected chi connectivity index (χ4v) is 2.93. The third-order valence-electron chi connectivity index (χ3n) is 4.02. The average Bonchev–Trinajstić information content (AvgIpc) is 2.30. The summed E-state index contributed by atoms with van der Waals surface area (Å²) in [7, 11) is 0. The molecule has 2 aliphatic heterocycles. The van der Waals surface area contributed by atoms with Crippen molar-refractivity contribution in [3.05, 3.63) is 0 Å². The predicted octanol–water partition coefficient (Wildman–Crippen LogP) is 1.61. The van der Waals surface area contributed by atoms with E-state index in [9.17, 15) is 0 Å². The van der Waals surface area contributed by atoms with E-state index < -0.39 is 0 Å². The molecule has 2 rings (SSSR count). The van der Waals surface area contributed by atoms with E-state index in [1.165, 1.54) is 45.2 Å². The first kappa shape index (κ1) is 12.3. The van der Waals surface area contributed by atoms with Gasteiger partial charge in [0, 0.05) is 25.7 Å². The van der Waals surface area contributed by atoms with Gasteiger partial charge in [0.25, 0.3) is 0 Å². The van der Waals surface area contributed by atoms with Crippen LogP contribution < -0.4 is 5.73 Å². The van der Waals surface area contributed by atoms with Crippen LogP contribution in [-0.2, 0) is 4.74 Å². The van der Waals surface area contributed by atoms with Gasteiger partial charge in [0.05, 0.1) is 6.10 Å². The Morgan fingerprint density at radius 1 is 1.31 bits per heavy atom. The molecular formula is C13H26N2O. The smallest absolute Gasteiger partial charge is 0.0702 e. The quantitative estimate of drug-likeness (QED) is 0.794. The van der Waals surface area contributed by atoms with Gasteiger partial charge in [-0.2, -0.15) is 0 Å². The van der Waals surface area contributed by atoms with Gasteiger partial charge in [-0.15, -0.1) is 0 Å². The topological polar surface area (TPSA) is 38.5 Å². The van der Waals surface area contributed by atoms with Crippen molar-refractivity contribution >= 4 is 0 Å². The molecule has 3 atom stereocenters. The van der Waals surface area contributed by atoms with E-state index in [4.69, 9.17) is 10.5 Å². The van der Waals surface area contributed by atoms with E-state index in [-0.39, 0.29) is 0 Å². The molecule has 0 aromatic rings. The minimum Gasteiger partial charge on any atom is -0.377 e. The van der Waals surface area contributed by atoms with Crippen LogP contribution in [0.1, 0.15) is 39.0 Å². The molecule has 3 heteroatoms. The summed E-state index contributed by atoms with van der Waals surface area (Å²) >= 11 is 0. The van der Waals surface area contributed by atoms with Crippen molar-refractivity contribution in [1.82, 2.24) is 4.90 Å². The number of likely N-dealkylation sites (tertiary alicyclic amines) is 1. The van der Waals surface area contributed by atoms with Crippen LogP contribution in [0.5, 0.6) is 0 Å². The average molecular weight is 226 g/mol. The first-order valence-corrected chi connectivity index (χ1v) is 6.85. The normalized spacial score (nSPS) is 34.9. The van der Waals surface area contributed by atoms with Crippen LogP contribution in [-0.4, -0.2) is 43.3 Å². The lowest BCUT2D eigenvalue weighted by Crippen LogP contribution is -2.45. The molecule has 2 saturated heterocycles. The number of hydrogen-bond acceptors (Lipinski definition) is 3. The molecule has 94 valence electrons. The summed E-state index contributed by atoms with van der Waals surface area (Å²) in [4.78, 5) is 2.56. The van der Waals surface area contributed by atoms with Crippen molar-refractivity contribution in [2.45, 2.75) is 51.2 Å². The van der Waals surface area contributed by atoms with Crippen molar-refractivity contribution in [3.63, 3.8) is 0 Å². The van der Waals surface area contributed by atoms with E-state index in [0.29, 0.717) is 18.1 Å². The van der Waals surface area contributed by atoms with Crippen molar-refractivity contribution < 1.29 is 4.74 Å². The summed E-state index contributed by atoms with van der Waals surface area (Å²) < 4.78 is 5.80. The van der Waals surface area contributed by atoms with Crippen LogP contribution in [0, 0.1) is 5.92 Å². The van der Waals surface area contributed by atoms with Crippen LogP contribution >= 0.6 is 0 Å². The molecule has 16 heavy (non-hydrogen) atoms.